The first-order valence-electron chi connectivity index (χ1n) is 6.53. The Morgan fingerprint density at radius 1 is 1.53 bits per heavy atom. The Morgan fingerprint density at radius 2 is 2.26 bits per heavy atom. The maximum atomic E-state index is 10.6. The molecule has 1 aromatic heterocycles. The monoisotopic (exact) mass is 265 g/mol. The lowest BCUT2D eigenvalue weighted by Crippen LogP contribution is -2.48. The number of carboxylic acid groups (broad SMARTS) is 1. The van der Waals surface area contributed by atoms with Gasteiger partial charge in [-0.25, -0.2) is 4.98 Å². The fourth-order valence-corrected chi connectivity index (χ4v) is 2.06. The molecule has 1 saturated heterocycles. The SMILES string of the molecule is CCCOc1cc(C)nc(N2CC(CC(=O)O)C2)n1. The predicted molar refractivity (Wildman–Crippen MR) is 70.5 cm³/mol. The van der Waals surface area contributed by atoms with Gasteiger partial charge in [0.05, 0.1) is 13.0 Å². The molecule has 0 bridgehead atoms. The van der Waals surface area contributed by atoms with E-state index < -0.39 is 5.97 Å². The molecule has 0 saturated carbocycles. The van der Waals surface area contributed by atoms with Crippen LogP contribution in [0.2, 0.25) is 0 Å². The van der Waals surface area contributed by atoms with Gasteiger partial charge < -0.3 is 14.7 Å². The van der Waals surface area contributed by atoms with Gasteiger partial charge in [0.25, 0.3) is 0 Å². The summed E-state index contributed by atoms with van der Waals surface area (Å²) >= 11 is 0. The molecule has 1 aliphatic heterocycles. The molecule has 2 rings (SSSR count). The maximum absolute atomic E-state index is 10.6. The van der Waals surface area contributed by atoms with E-state index in [1.165, 1.54) is 0 Å². The van der Waals surface area contributed by atoms with E-state index in [2.05, 4.69) is 9.97 Å². The summed E-state index contributed by atoms with van der Waals surface area (Å²) in [7, 11) is 0. The van der Waals surface area contributed by atoms with Crippen molar-refractivity contribution >= 4 is 11.9 Å². The number of carbonyl (C=O) groups is 1. The molecule has 6 nitrogen and oxygen atoms in total. The third-order valence-electron chi connectivity index (χ3n) is 2.98. The molecule has 0 spiro atoms. The molecule has 0 aliphatic carbocycles. The first-order chi connectivity index (χ1) is 9.08. The highest BCUT2D eigenvalue weighted by Crippen LogP contribution is 2.25. The number of hydrogen-bond acceptors (Lipinski definition) is 5. The normalized spacial score (nSPS) is 15.2. The van der Waals surface area contributed by atoms with Crippen LogP contribution in [0, 0.1) is 12.8 Å². The number of ether oxygens (including phenoxy) is 1. The van der Waals surface area contributed by atoms with E-state index in [1.54, 1.807) is 0 Å². The third-order valence-corrected chi connectivity index (χ3v) is 2.98. The molecule has 0 atom stereocenters. The number of nitrogens with zero attached hydrogens (tertiary/aromatic N) is 3. The van der Waals surface area contributed by atoms with Gasteiger partial charge >= 0.3 is 5.97 Å². The molecule has 0 amide bonds. The van der Waals surface area contributed by atoms with Crippen molar-refractivity contribution in [1.29, 1.82) is 0 Å². The smallest absolute Gasteiger partial charge is 0.303 e. The van der Waals surface area contributed by atoms with Gasteiger partial charge in [0.2, 0.25) is 11.8 Å². The highest BCUT2D eigenvalue weighted by molar-refractivity contribution is 5.67. The number of anilines is 1. The van der Waals surface area contributed by atoms with Gasteiger partial charge in [0.15, 0.2) is 0 Å². The van der Waals surface area contributed by atoms with Crippen LogP contribution in [0.15, 0.2) is 6.07 Å². The van der Waals surface area contributed by atoms with Crippen LogP contribution in [0.25, 0.3) is 0 Å². The Kier molecular flexibility index (Phi) is 4.19. The quantitative estimate of drug-likeness (QED) is 0.839. The topological polar surface area (TPSA) is 75.5 Å². The predicted octanol–water partition coefficient (Wildman–Crippen LogP) is 1.48. The summed E-state index contributed by atoms with van der Waals surface area (Å²) in [6, 6.07) is 1.81. The van der Waals surface area contributed by atoms with Crippen molar-refractivity contribution in [3.8, 4) is 5.88 Å². The van der Waals surface area contributed by atoms with Gasteiger partial charge in [-0.1, -0.05) is 6.92 Å². The Morgan fingerprint density at radius 3 is 2.89 bits per heavy atom. The Bertz CT molecular complexity index is 458. The fourth-order valence-electron chi connectivity index (χ4n) is 2.06. The maximum Gasteiger partial charge on any atom is 0.303 e. The molecule has 0 unspecified atom stereocenters. The number of rotatable bonds is 6. The van der Waals surface area contributed by atoms with E-state index in [1.807, 2.05) is 24.8 Å². The van der Waals surface area contributed by atoms with Crippen LogP contribution in [0.1, 0.15) is 25.5 Å². The number of aromatic nitrogens is 2. The van der Waals surface area contributed by atoms with Crippen molar-refractivity contribution in [3.63, 3.8) is 0 Å². The van der Waals surface area contributed by atoms with E-state index in [0.717, 1.165) is 12.1 Å². The van der Waals surface area contributed by atoms with Crippen LogP contribution in [0.5, 0.6) is 5.88 Å². The molecular weight excluding hydrogens is 246 g/mol. The first kappa shape index (κ1) is 13.6. The summed E-state index contributed by atoms with van der Waals surface area (Å²) in [4.78, 5) is 21.3. The minimum Gasteiger partial charge on any atom is -0.481 e. The molecule has 19 heavy (non-hydrogen) atoms. The molecule has 1 fully saturated rings. The molecule has 2 heterocycles. The largest absolute Gasteiger partial charge is 0.481 e. The average Bonchev–Trinajstić information content (AvgIpc) is 2.29. The summed E-state index contributed by atoms with van der Waals surface area (Å²) < 4.78 is 5.51. The lowest BCUT2D eigenvalue weighted by atomic mass is 9.97. The lowest BCUT2D eigenvalue weighted by molar-refractivity contribution is -0.138. The van der Waals surface area contributed by atoms with Crippen molar-refractivity contribution in [2.24, 2.45) is 5.92 Å². The average molecular weight is 265 g/mol. The molecule has 0 aromatic carbocycles. The summed E-state index contributed by atoms with van der Waals surface area (Å²) in [6.07, 6.45) is 1.14. The second-order valence-electron chi connectivity index (χ2n) is 4.86. The fraction of sp³-hybridized carbons (Fsp3) is 0.615. The van der Waals surface area contributed by atoms with Gasteiger partial charge in [0.1, 0.15) is 0 Å². The van der Waals surface area contributed by atoms with E-state index in [4.69, 9.17) is 9.84 Å². The van der Waals surface area contributed by atoms with Crippen molar-refractivity contribution < 1.29 is 14.6 Å². The number of aliphatic carboxylic acids is 1. The zero-order valence-electron chi connectivity index (χ0n) is 11.3. The van der Waals surface area contributed by atoms with Crippen LogP contribution in [-0.4, -0.2) is 40.7 Å². The minimum atomic E-state index is -0.748. The molecule has 6 heteroatoms. The molecule has 1 aliphatic rings. The van der Waals surface area contributed by atoms with E-state index >= 15 is 0 Å². The van der Waals surface area contributed by atoms with Gasteiger partial charge in [-0.2, -0.15) is 4.98 Å². The summed E-state index contributed by atoms with van der Waals surface area (Å²) in [5.74, 6) is 0.669. The van der Waals surface area contributed by atoms with Crippen LogP contribution in [0.4, 0.5) is 5.95 Å². The molecule has 1 aromatic rings. The van der Waals surface area contributed by atoms with Crippen molar-refractivity contribution in [1.82, 2.24) is 9.97 Å². The van der Waals surface area contributed by atoms with Crippen LogP contribution in [0.3, 0.4) is 0 Å². The molecular formula is C13H19N3O3. The van der Waals surface area contributed by atoms with Gasteiger partial charge in [0, 0.05) is 30.8 Å². The summed E-state index contributed by atoms with van der Waals surface area (Å²) in [5, 5.41) is 8.72. The Balaban J connectivity index is 1.97. The van der Waals surface area contributed by atoms with Crippen LogP contribution in [-0.2, 0) is 4.79 Å². The van der Waals surface area contributed by atoms with Gasteiger partial charge in [-0.3, -0.25) is 4.79 Å². The summed E-state index contributed by atoms with van der Waals surface area (Å²) in [6.45, 7) is 5.98. The van der Waals surface area contributed by atoms with Crippen molar-refractivity contribution in [3.05, 3.63) is 11.8 Å². The first-order valence-corrected chi connectivity index (χ1v) is 6.53. The lowest BCUT2D eigenvalue weighted by Gasteiger charge is -2.38. The van der Waals surface area contributed by atoms with Crippen molar-refractivity contribution in [2.75, 3.05) is 24.6 Å². The van der Waals surface area contributed by atoms with Crippen molar-refractivity contribution in [2.45, 2.75) is 26.7 Å². The van der Waals surface area contributed by atoms with Crippen LogP contribution >= 0.6 is 0 Å². The number of aryl methyl sites for hydroxylation is 1. The minimum absolute atomic E-state index is 0.196. The molecule has 104 valence electrons. The number of carboxylic acids is 1. The second kappa shape index (κ2) is 5.86. The Hall–Kier alpha value is -1.85. The highest BCUT2D eigenvalue weighted by atomic mass is 16.5. The van der Waals surface area contributed by atoms with E-state index in [9.17, 15) is 4.79 Å². The zero-order valence-corrected chi connectivity index (χ0v) is 11.3. The number of hydrogen-bond donors (Lipinski definition) is 1. The molecule has 1 N–H and O–H groups in total. The molecule has 0 radical (unpaired) electrons. The summed E-state index contributed by atoms with van der Waals surface area (Å²) in [5.41, 5.74) is 0.859. The van der Waals surface area contributed by atoms with Crippen LogP contribution < -0.4 is 9.64 Å². The van der Waals surface area contributed by atoms with E-state index in [-0.39, 0.29) is 12.3 Å². The zero-order chi connectivity index (χ0) is 13.8. The standard InChI is InChI=1S/C13H19N3O3/c1-3-4-19-11-5-9(2)14-13(15-11)16-7-10(8-16)6-12(17)18/h5,10H,3-4,6-8H2,1-2H3,(H,17,18). The van der Waals surface area contributed by atoms with Gasteiger partial charge in [-0.05, 0) is 13.3 Å². The highest BCUT2D eigenvalue weighted by Gasteiger charge is 2.30. The van der Waals surface area contributed by atoms with E-state index in [0.29, 0.717) is 31.5 Å². The third kappa shape index (κ3) is 3.56. The van der Waals surface area contributed by atoms with Gasteiger partial charge in [-0.15, -0.1) is 0 Å². The Labute approximate surface area is 112 Å². The second-order valence-corrected chi connectivity index (χ2v) is 4.86.